The van der Waals surface area contributed by atoms with Gasteiger partial charge in [0.1, 0.15) is 5.82 Å². The molecule has 0 spiro atoms. The number of aromatic amines is 1. The molecule has 1 aliphatic carbocycles. The summed E-state index contributed by atoms with van der Waals surface area (Å²) in [6, 6.07) is 7.52. The molecule has 5 nitrogen and oxygen atoms in total. The summed E-state index contributed by atoms with van der Waals surface area (Å²) in [5.41, 5.74) is 1.13. The number of amides is 1. The predicted octanol–water partition coefficient (Wildman–Crippen LogP) is 2.75. The normalized spacial score (nSPS) is 21.9. The first-order chi connectivity index (χ1) is 10.0. The lowest BCUT2D eigenvalue weighted by molar-refractivity contribution is -0.123. The van der Waals surface area contributed by atoms with Crippen LogP contribution in [0.3, 0.4) is 0 Å². The first kappa shape index (κ1) is 14.1. The molecule has 1 saturated carbocycles. The second kappa shape index (κ2) is 5.48. The minimum atomic E-state index is -0.192. The second-order valence-corrected chi connectivity index (χ2v) is 5.95. The van der Waals surface area contributed by atoms with Gasteiger partial charge in [0.15, 0.2) is 5.82 Å². The molecule has 21 heavy (non-hydrogen) atoms. The molecular formula is C15H17ClN4O. The Balaban J connectivity index is 1.60. The van der Waals surface area contributed by atoms with Gasteiger partial charge in [0.2, 0.25) is 5.91 Å². The molecule has 1 aromatic carbocycles. The Bertz CT molecular complexity index is 669. The van der Waals surface area contributed by atoms with Gasteiger partial charge < -0.3 is 5.32 Å². The maximum absolute atomic E-state index is 12.3. The number of nitrogens with zero attached hydrogens (tertiary/aromatic N) is 2. The van der Waals surface area contributed by atoms with E-state index in [4.69, 9.17) is 11.6 Å². The van der Waals surface area contributed by atoms with Crippen LogP contribution in [-0.2, 0) is 4.79 Å². The highest BCUT2D eigenvalue weighted by molar-refractivity contribution is 6.30. The molecular weight excluding hydrogens is 288 g/mol. The molecule has 1 amide bonds. The fourth-order valence-electron chi connectivity index (χ4n) is 2.53. The van der Waals surface area contributed by atoms with E-state index < -0.39 is 0 Å². The van der Waals surface area contributed by atoms with E-state index in [1.807, 2.05) is 38.1 Å². The van der Waals surface area contributed by atoms with Gasteiger partial charge in [-0.1, -0.05) is 23.7 Å². The van der Waals surface area contributed by atoms with E-state index in [1.165, 1.54) is 0 Å². The summed E-state index contributed by atoms with van der Waals surface area (Å²) in [5, 5.41) is 10.5. The van der Waals surface area contributed by atoms with Crippen LogP contribution in [0.1, 0.15) is 42.5 Å². The summed E-state index contributed by atoms with van der Waals surface area (Å²) in [6.07, 6.45) is 0.867. The number of benzene rings is 1. The van der Waals surface area contributed by atoms with Crippen LogP contribution < -0.4 is 5.32 Å². The Morgan fingerprint density at radius 3 is 3.00 bits per heavy atom. The van der Waals surface area contributed by atoms with Gasteiger partial charge >= 0.3 is 0 Å². The summed E-state index contributed by atoms with van der Waals surface area (Å²) >= 11 is 5.99. The molecule has 1 unspecified atom stereocenters. The molecule has 3 atom stereocenters. The van der Waals surface area contributed by atoms with E-state index in [0.717, 1.165) is 17.8 Å². The first-order valence-electron chi connectivity index (χ1n) is 6.99. The van der Waals surface area contributed by atoms with Crippen molar-refractivity contribution < 1.29 is 4.79 Å². The topological polar surface area (TPSA) is 70.7 Å². The zero-order valence-corrected chi connectivity index (χ0v) is 12.7. The molecule has 110 valence electrons. The van der Waals surface area contributed by atoms with Gasteiger partial charge in [0, 0.05) is 10.9 Å². The highest BCUT2D eigenvalue weighted by atomic mass is 35.5. The highest BCUT2D eigenvalue weighted by Crippen LogP contribution is 2.48. The standard InChI is InChI=1S/C15H17ClN4O/c1-8(14-18-9(2)19-20-14)17-15(21)13-7-12(13)10-4-3-5-11(16)6-10/h3-6,8,12-13H,7H2,1-2H3,(H,17,21)(H,18,19,20)/t8?,12-,13+/m1/s1. The van der Waals surface area contributed by atoms with Gasteiger partial charge in [-0.15, -0.1) is 0 Å². The van der Waals surface area contributed by atoms with Gasteiger partial charge in [-0.3, -0.25) is 9.89 Å². The van der Waals surface area contributed by atoms with E-state index in [0.29, 0.717) is 10.8 Å². The van der Waals surface area contributed by atoms with Crippen LogP contribution in [0.25, 0.3) is 0 Å². The minimum Gasteiger partial charge on any atom is -0.346 e. The zero-order valence-electron chi connectivity index (χ0n) is 11.9. The zero-order chi connectivity index (χ0) is 15.0. The van der Waals surface area contributed by atoms with Crippen molar-refractivity contribution >= 4 is 17.5 Å². The molecule has 0 bridgehead atoms. The van der Waals surface area contributed by atoms with Gasteiger partial charge in [0.05, 0.1) is 6.04 Å². The Hall–Kier alpha value is -1.88. The summed E-state index contributed by atoms with van der Waals surface area (Å²) < 4.78 is 0. The van der Waals surface area contributed by atoms with Gasteiger partial charge in [0.25, 0.3) is 0 Å². The van der Waals surface area contributed by atoms with Crippen molar-refractivity contribution in [2.75, 3.05) is 0 Å². The van der Waals surface area contributed by atoms with Gasteiger partial charge in [-0.05, 0) is 43.9 Å². The molecule has 1 aliphatic rings. The second-order valence-electron chi connectivity index (χ2n) is 5.51. The predicted molar refractivity (Wildman–Crippen MR) is 80.0 cm³/mol. The number of nitrogens with one attached hydrogen (secondary N) is 2. The van der Waals surface area contributed by atoms with Crippen LogP contribution in [0.15, 0.2) is 24.3 Å². The van der Waals surface area contributed by atoms with E-state index in [1.54, 1.807) is 0 Å². The number of aryl methyl sites for hydroxylation is 1. The molecule has 0 aliphatic heterocycles. The van der Waals surface area contributed by atoms with Crippen LogP contribution >= 0.6 is 11.6 Å². The van der Waals surface area contributed by atoms with Crippen LogP contribution in [0.5, 0.6) is 0 Å². The third-order valence-electron chi connectivity index (χ3n) is 3.76. The average molecular weight is 305 g/mol. The third-order valence-corrected chi connectivity index (χ3v) is 4.00. The van der Waals surface area contributed by atoms with E-state index in [-0.39, 0.29) is 23.8 Å². The van der Waals surface area contributed by atoms with Crippen molar-refractivity contribution in [3.63, 3.8) is 0 Å². The van der Waals surface area contributed by atoms with Crippen LogP contribution in [0, 0.1) is 12.8 Å². The van der Waals surface area contributed by atoms with E-state index in [9.17, 15) is 4.79 Å². The molecule has 1 heterocycles. The number of hydrogen-bond donors (Lipinski definition) is 2. The number of carbonyl (C=O) groups excluding carboxylic acids is 1. The van der Waals surface area contributed by atoms with Gasteiger partial charge in [-0.25, -0.2) is 4.98 Å². The third kappa shape index (κ3) is 3.08. The lowest BCUT2D eigenvalue weighted by Crippen LogP contribution is -2.29. The molecule has 1 fully saturated rings. The summed E-state index contributed by atoms with van der Waals surface area (Å²) in [5.74, 6) is 1.70. The first-order valence-corrected chi connectivity index (χ1v) is 7.37. The van der Waals surface area contributed by atoms with Crippen molar-refractivity contribution in [2.24, 2.45) is 5.92 Å². The molecule has 2 aromatic rings. The average Bonchev–Trinajstić information content (AvgIpc) is 3.14. The van der Waals surface area contributed by atoms with Crippen LogP contribution in [-0.4, -0.2) is 21.1 Å². The fourth-order valence-corrected chi connectivity index (χ4v) is 2.73. The molecule has 6 heteroatoms. The van der Waals surface area contributed by atoms with Crippen molar-refractivity contribution in [1.29, 1.82) is 0 Å². The maximum atomic E-state index is 12.3. The minimum absolute atomic E-state index is 0.0194. The Morgan fingerprint density at radius 1 is 1.52 bits per heavy atom. The Labute approximate surface area is 128 Å². The summed E-state index contributed by atoms with van der Waals surface area (Å²) in [4.78, 5) is 16.5. The monoisotopic (exact) mass is 304 g/mol. The highest BCUT2D eigenvalue weighted by Gasteiger charge is 2.44. The van der Waals surface area contributed by atoms with E-state index in [2.05, 4.69) is 20.5 Å². The largest absolute Gasteiger partial charge is 0.346 e. The van der Waals surface area contributed by atoms with Crippen molar-refractivity contribution in [1.82, 2.24) is 20.5 Å². The Kier molecular flexibility index (Phi) is 3.68. The van der Waals surface area contributed by atoms with E-state index >= 15 is 0 Å². The van der Waals surface area contributed by atoms with Crippen molar-refractivity contribution in [3.05, 3.63) is 46.5 Å². The lowest BCUT2D eigenvalue weighted by atomic mass is 10.1. The van der Waals surface area contributed by atoms with Gasteiger partial charge in [-0.2, -0.15) is 5.10 Å². The number of hydrogen-bond acceptors (Lipinski definition) is 3. The summed E-state index contributed by atoms with van der Waals surface area (Å²) in [7, 11) is 0. The number of halogens is 1. The van der Waals surface area contributed by atoms with Crippen LogP contribution in [0.2, 0.25) is 5.02 Å². The number of carbonyl (C=O) groups is 1. The summed E-state index contributed by atoms with van der Waals surface area (Å²) in [6.45, 7) is 3.72. The quantitative estimate of drug-likeness (QED) is 0.912. The van der Waals surface area contributed by atoms with Crippen molar-refractivity contribution in [3.8, 4) is 0 Å². The maximum Gasteiger partial charge on any atom is 0.224 e. The number of rotatable bonds is 4. The molecule has 1 aromatic heterocycles. The number of H-pyrrole nitrogens is 1. The van der Waals surface area contributed by atoms with Crippen molar-refractivity contribution in [2.45, 2.75) is 32.2 Å². The molecule has 2 N–H and O–H groups in total. The lowest BCUT2D eigenvalue weighted by Gasteiger charge is -2.10. The molecule has 0 radical (unpaired) electrons. The SMILES string of the molecule is Cc1nc(C(C)NC(=O)[C@H]2C[C@@H]2c2cccc(Cl)c2)n[nH]1. The van der Waals surface area contributed by atoms with Crippen LogP contribution in [0.4, 0.5) is 0 Å². The molecule has 3 rings (SSSR count). The fraction of sp³-hybridized carbons (Fsp3) is 0.400. The number of aromatic nitrogens is 3. The smallest absolute Gasteiger partial charge is 0.224 e. The Morgan fingerprint density at radius 2 is 2.33 bits per heavy atom. The molecule has 0 saturated heterocycles.